The number of hydrogen-bond donors (Lipinski definition) is 0. The van der Waals surface area contributed by atoms with E-state index in [2.05, 4.69) is 25.7 Å². The minimum atomic E-state index is -0.886. The summed E-state index contributed by atoms with van der Waals surface area (Å²) in [4.78, 5) is 14.5. The molecule has 1 heterocycles. The summed E-state index contributed by atoms with van der Waals surface area (Å²) >= 11 is 8.33. The van der Waals surface area contributed by atoms with E-state index in [0.717, 1.165) is 7.11 Å². The van der Waals surface area contributed by atoms with Gasteiger partial charge in [-0.05, 0) is 15.9 Å². The first-order valence-corrected chi connectivity index (χ1v) is 4.32. The molecule has 1 rings (SSSR count). The maximum atomic E-state index is 13.2. The fourth-order valence-corrected chi connectivity index (χ4v) is 1.31. The molecule has 0 aliphatic heterocycles. The zero-order valence-corrected chi connectivity index (χ0v) is 8.82. The topological polar surface area (TPSA) is 39.2 Å². The van der Waals surface area contributed by atoms with Crippen LogP contribution in [0, 0.1) is 5.82 Å². The molecule has 0 aromatic carbocycles. The second-order valence-corrected chi connectivity index (χ2v) is 3.29. The van der Waals surface area contributed by atoms with Gasteiger partial charge in [-0.1, -0.05) is 11.6 Å². The van der Waals surface area contributed by atoms with Crippen molar-refractivity contribution in [3.8, 4) is 0 Å². The van der Waals surface area contributed by atoms with Crippen LogP contribution in [0.2, 0.25) is 5.15 Å². The highest BCUT2D eigenvalue weighted by Gasteiger charge is 2.19. The third-order valence-electron chi connectivity index (χ3n) is 1.32. The number of esters is 1. The van der Waals surface area contributed by atoms with Crippen molar-refractivity contribution in [3.63, 3.8) is 0 Å². The highest BCUT2D eigenvalue weighted by molar-refractivity contribution is 9.10. The molecule has 1 aromatic heterocycles. The Balaban J connectivity index is 3.33. The van der Waals surface area contributed by atoms with Gasteiger partial charge in [0.05, 0.1) is 11.6 Å². The molecule has 0 saturated heterocycles. The maximum absolute atomic E-state index is 13.2. The number of carbonyl (C=O) groups excluding carboxylic acids is 1. The smallest absolute Gasteiger partial charge is 0.342 e. The third-order valence-corrected chi connectivity index (χ3v) is 2.18. The zero-order chi connectivity index (χ0) is 10.0. The summed E-state index contributed by atoms with van der Waals surface area (Å²) in [6.45, 7) is 0. The largest absolute Gasteiger partial charge is 0.465 e. The van der Waals surface area contributed by atoms with E-state index in [1.807, 2.05) is 0 Å². The van der Waals surface area contributed by atoms with Crippen LogP contribution in [0.25, 0.3) is 0 Å². The molecule has 13 heavy (non-hydrogen) atoms. The van der Waals surface area contributed by atoms with Crippen molar-refractivity contribution in [2.24, 2.45) is 0 Å². The van der Waals surface area contributed by atoms with Gasteiger partial charge >= 0.3 is 5.97 Å². The molecule has 0 spiro atoms. The predicted octanol–water partition coefficient (Wildman–Crippen LogP) is 2.42. The number of methoxy groups -OCH3 is 1. The van der Waals surface area contributed by atoms with E-state index in [9.17, 15) is 9.18 Å². The molecular weight excluding hydrogens is 264 g/mol. The lowest BCUT2D eigenvalue weighted by Gasteiger charge is -2.03. The number of aromatic nitrogens is 1. The van der Waals surface area contributed by atoms with Gasteiger partial charge in [0.25, 0.3) is 0 Å². The highest BCUT2D eigenvalue weighted by Crippen LogP contribution is 2.23. The van der Waals surface area contributed by atoms with Crippen molar-refractivity contribution < 1.29 is 13.9 Å². The molecule has 0 radical (unpaired) electrons. The number of rotatable bonds is 1. The van der Waals surface area contributed by atoms with Gasteiger partial charge in [-0.25, -0.2) is 14.2 Å². The second-order valence-electron chi connectivity index (χ2n) is 2.08. The van der Waals surface area contributed by atoms with Crippen molar-refractivity contribution >= 4 is 33.5 Å². The van der Waals surface area contributed by atoms with Crippen LogP contribution in [0.5, 0.6) is 0 Å². The molecule has 3 nitrogen and oxygen atoms in total. The Morgan fingerprint density at radius 1 is 1.77 bits per heavy atom. The van der Waals surface area contributed by atoms with Gasteiger partial charge in [0.15, 0.2) is 11.0 Å². The molecule has 1 aromatic rings. The molecule has 0 bridgehead atoms. The molecule has 0 unspecified atom stereocenters. The lowest BCUT2D eigenvalue weighted by Crippen LogP contribution is -2.06. The van der Waals surface area contributed by atoms with Crippen LogP contribution in [-0.2, 0) is 4.74 Å². The fraction of sp³-hybridized carbons (Fsp3) is 0.143. The average Bonchev–Trinajstić information content (AvgIpc) is 2.12. The molecule has 0 fully saturated rings. The van der Waals surface area contributed by atoms with Crippen molar-refractivity contribution in [1.82, 2.24) is 4.98 Å². The summed E-state index contributed by atoms with van der Waals surface area (Å²) in [6, 6.07) is 0. The standard InChI is InChI=1S/C7H4BrClFNO2/c1-13-7(12)4-3(8)2-11-6(9)5(4)10/h2H,1H3. The molecule has 0 atom stereocenters. The van der Waals surface area contributed by atoms with E-state index in [0.29, 0.717) is 0 Å². The van der Waals surface area contributed by atoms with Gasteiger partial charge in [0, 0.05) is 6.20 Å². The van der Waals surface area contributed by atoms with Gasteiger partial charge in [-0.2, -0.15) is 0 Å². The lowest BCUT2D eigenvalue weighted by atomic mass is 10.2. The SMILES string of the molecule is COC(=O)c1c(Br)cnc(Cl)c1F. The summed E-state index contributed by atoms with van der Waals surface area (Å²) < 4.78 is 17.7. The lowest BCUT2D eigenvalue weighted by molar-refractivity contribution is 0.0594. The number of halogens is 3. The molecule has 70 valence electrons. The van der Waals surface area contributed by atoms with Crippen LogP contribution >= 0.6 is 27.5 Å². The van der Waals surface area contributed by atoms with Gasteiger partial charge in [-0.15, -0.1) is 0 Å². The predicted molar refractivity (Wildman–Crippen MR) is 48.2 cm³/mol. The molecule has 0 amide bonds. The van der Waals surface area contributed by atoms with Crippen LogP contribution < -0.4 is 0 Å². The Kier molecular flexibility index (Phi) is 3.22. The quantitative estimate of drug-likeness (QED) is 0.580. The summed E-state index contributed by atoms with van der Waals surface area (Å²) in [5, 5.41) is -0.358. The van der Waals surface area contributed by atoms with E-state index in [1.165, 1.54) is 6.20 Å². The van der Waals surface area contributed by atoms with E-state index in [-0.39, 0.29) is 15.2 Å². The Bertz CT molecular complexity index is 359. The Hall–Kier alpha value is -0.680. The Morgan fingerprint density at radius 3 is 2.92 bits per heavy atom. The van der Waals surface area contributed by atoms with Crippen LogP contribution in [0.1, 0.15) is 10.4 Å². The summed E-state index contributed by atoms with van der Waals surface area (Å²) in [5.41, 5.74) is -0.248. The first kappa shape index (κ1) is 10.4. The van der Waals surface area contributed by atoms with Crippen molar-refractivity contribution in [1.29, 1.82) is 0 Å². The number of pyridine rings is 1. The summed E-state index contributed by atoms with van der Waals surface area (Å²) in [6.07, 6.45) is 1.23. The number of hydrogen-bond acceptors (Lipinski definition) is 3. The number of ether oxygens (including phenoxy) is 1. The highest BCUT2D eigenvalue weighted by atomic mass is 79.9. The normalized spacial score (nSPS) is 9.85. The van der Waals surface area contributed by atoms with Crippen molar-refractivity contribution in [3.05, 3.63) is 27.2 Å². The van der Waals surface area contributed by atoms with Gasteiger partial charge in [0.1, 0.15) is 5.56 Å². The molecular formula is C7H4BrClFNO2. The van der Waals surface area contributed by atoms with Crippen LogP contribution in [0.3, 0.4) is 0 Å². The minimum Gasteiger partial charge on any atom is -0.465 e. The van der Waals surface area contributed by atoms with Crippen LogP contribution in [0.15, 0.2) is 10.7 Å². The van der Waals surface area contributed by atoms with E-state index >= 15 is 0 Å². The molecule has 0 aliphatic carbocycles. The third kappa shape index (κ3) is 1.97. The van der Waals surface area contributed by atoms with Crippen molar-refractivity contribution in [2.75, 3.05) is 7.11 Å². The summed E-state index contributed by atoms with van der Waals surface area (Å²) in [5.74, 6) is -1.68. The number of carbonyl (C=O) groups is 1. The molecule has 0 N–H and O–H groups in total. The van der Waals surface area contributed by atoms with Gasteiger partial charge in [-0.3, -0.25) is 0 Å². The second kappa shape index (κ2) is 4.02. The van der Waals surface area contributed by atoms with Crippen LogP contribution in [-0.4, -0.2) is 18.1 Å². The number of nitrogens with zero attached hydrogens (tertiary/aromatic N) is 1. The minimum absolute atomic E-state index is 0.209. The first-order valence-electron chi connectivity index (χ1n) is 3.15. The zero-order valence-electron chi connectivity index (χ0n) is 6.47. The van der Waals surface area contributed by atoms with E-state index in [4.69, 9.17) is 11.6 Å². The fourth-order valence-electron chi connectivity index (χ4n) is 0.732. The molecule has 0 saturated carbocycles. The average molecular weight is 268 g/mol. The first-order chi connectivity index (χ1) is 6.07. The van der Waals surface area contributed by atoms with E-state index < -0.39 is 11.8 Å². The van der Waals surface area contributed by atoms with Crippen LogP contribution in [0.4, 0.5) is 4.39 Å². The van der Waals surface area contributed by atoms with E-state index in [1.54, 1.807) is 0 Å². The molecule has 0 aliphatic rings. The molecule has 6 heteroatoms. The Labute approximate surface area is 87.0 Å². The summed E-state index contributed by atoms with van der Waals surface area (Å²) in [7, 11) is 1.16. The monoisotopic (exact) mass is 267 g/mol. The maximum Gasteiger partial charge on any atom is 0.342 e. The van der Waals surface area contributed by atoms with Crippen molar-refractivity contribution in [2.45, 2.75) is 0 Å². The van der Waals surface area contributed by atoms with Gasteiger partial charge in [0.2, 0.25) is 0 Å². The van der Waals surface area contributed by atoms with Gasteiger partial charge < -0.3 is 4.74 Å². The Morgan fingerprint density at radius 2 is 2.38 bits per heavy atom.